The average Bonchev–Trinajstić information content (AvgIpc) is 2.63. The van der Waals surface area contributed by atoms with E-state index in [4.69, 9.17) is 12.0 Å². The van der Waals surface area contributed by atoms with Gasteiger partial charge in [0.25, 0.3) is 0 Å². The minimum absolute atomic E-state index is 0.103. The van der Waals surface area contributed by atoms with E-state index in [0.29, 0.717) is 6.42 Å². The van der Waals surface area contributed by atoms with Crippen molar-refractivity contribution < 1.29 is 26.6 Å². The molecule has 0 radical (unpaired) electrons. The summed E-state index contributed by atoms with van der Waals surface area (Å²) in [7, 11) is 0. The summed E-state index contributed by atoms with van der Waals surface area (Å²) in [6.45, 7) is -4.76. The molecule has 4 heteroatoms. The van der Waals surface area contributed by atoms with Gasteiger partial charge in [-0.1, -0.05) is 63.3 Å². The van der Waals surface area contributed by atoms with Crippen LogP contribution in [0.4, 0.5) is 0 Å². The highest BCUT2D eigenvalue weighted by Crippen LogP contribution is 2.08. The minimum Gasteiger partial charge on any atom is -0.463 e. The number of allylic oxidation sites excluding steroid dienone is 4. The maximum atomic E-state index is 11.7. The Kier molecular flexibility index (Phi) is 12.3. The van der Waals surface area contributed by atoms with Crippen LogP contribution >= 0.6 is 0 Å². The Morgan fingerprint density at radius 1 is 1.04 bits per heavy atom. The van der Waals surface area contributed by atoms with Gasteiger partial charge in [0.1, 0.15) is 12.6 Å². The Bertz CT molecular complexity index is 528. The fraction of sp³-hybridized carbons (Fsp3) is 0.762. The molecule has 1 atom stereocenters. The van der Waals surface area contributed by atoms with E-state index < -0.39 is 25.2 Å². The van der Waals surface area contributed by atoms with Gasteiger partial charge in [-0.25, -0.2) is 0 Å². The Hall–Kier alpha value is -1.13. The first-order chi connectivity index (χ1) is 14.0. The molecule has 0 rings (SSSR count). The lowest BCUT2D eigenvalue weighted by Crippen LogP contribution is -2.21. The molecule has 0 saturated carbocycles. The molecule has 0 aromatic carbocycles. The van der Waals surface area contributed by atoms with Gasteiger partial charge in [-0.05, 0) is 38.5 Å². The molecule has 0 aliphatic heterocycles. The number of ether oxygens (including phenoxy) is 1. The average molecular weight is 360 g/mol. The predicted molar refractivity (Wildman–Crippen MR) is 103 cm³/mol. The molecule has 0 aliphatic carbocycles. The van der Waals surface area contributed by atoms with Crippen LogP contribution in [0.25, 0.3) is 0 Å². The first-order valence-corrected chi connectivity index (χ1v) is 9.42. The van der Waals surface area contributed by atoms with E-state index in [1.807, 2.05) is 0 Å². The summed E-state index contributed by atoms with van der Waals surface area (Å²) in [6, 6.07) is 0. The van der Waals surface area contributed by atoms with E-state index in [0.717, 1.165) is 44.9 Å². The highest BCUT2D eigenvalue weighted by Gasteiger charge is 2.07. The third kappa shape index (κ3) is 19.0. The van der Waals surface area contributed by atoms with E-state index in [2.05, 4.69) is 36.0 Å². The van der Waals surface area contributed by atoms with Crippen LogP contribution in [0.1, 0.15) is 90.8 Å². The second-order valence-electron chi connectivity index (χ2n) is 6.02. The Labute approximate surface area is 161 Å². The normalized spacial score (nSPS) is 18.3. The van der Waals surface area contributed by atoms with Gasteiger partial charge in [0.05, 0.1) is 13.4 Å². The van der Waals surface area contributed by atoms with Gasteiger partial charge >= 0.3 is 5.97 Å². The highest BCUT2D eigenvalue weighted by molar-refractivity contribution is 5.69. The van der Waals surface area contributed by atoms with Crippen LogP contribution in [0.3, 0.4) is 0 Å². The van der Waals surface area contributed by atoms with Crippen LogP contribution in [0.5, 0.6) is 0 Å². The zero-order valence-corrected chi connectivity index (χ0v) is 15.5. The largest absolute Gasteiger partial charge is 0.463 e. The van der Waals surface area contributed by atoms with Crippen LogP contribution < -0.4 is 0 Å². The molecular formula is C21H38O4. The number of hydrogen-bond acceptors (Lipinski definition) is 4. The van der Waals surface area contributed by atoms with Crippen molar-refractivity contribution in [3.63, 3.8) is 0 Å². The number of carbonyl (C=O) groups is 1. The molecular weight excluding hydrogens is 316 g/mol. The molecule has 4 nitrogen and oxygen atoms in total. The summed E-state index contributed by atoms with van der Waals surface area (Å²) < 4.78 is 40.2. The first-order valence-electron chi connectivity index (χ1n) is 11.9. The molecule has 0 bridgehead atoms. The summed E-state index contributed by atoms with van der Waals surface area (Å²) in [5, 5.41) is 18.6. The van der Waals surface area contributed by atoms with Crippen LogP contribution in [-0.4, -0.2) is 35.4 Å². The molecule has 0 aromatic rings. The van der Waals surface area contributed by atoms with E-state index >= 15 is 0 Å². The Morgan fingerprint density at radius 3 is 2.28 bits per heavy atom. The molecule has 0 spiro atoms. The maximum absolute atomic E-state index is 11.7. The van der Waals surface area contributed by atoms with Crippen molar-refractivity contribution in [2.24, 2.45) is 0 Å². The first kappa shape index (κ1) is 16.1. The van der Waals surface area contributed by atoms with E-state index in [9.17, 15) is 9.90 Å². The minimum atomic E-state index is -3.63. The van der Waals surface area contributed by atoms with Gasteiger partial charge in [-0.15, -0.1) is 0 Å². The summed E-state index contributed by atoms with van der Waals surface area (Å²) in [5.41, 5.74) is 0. The van der Waals surface area contributed by atoms with Gasteiger partial charge in [-0.3, -0.25) is 4.79 Å². The zero-order valence-electron chi connectivity index (χ0n) is 20.5. The molecule has 0 heterocycles. The predicted octanol–water partition coefficient (Wildman–Crippen LogP) is 4.70. The summed E-state index contributed by atoms with van der Waals surface area (Å²) in [5.74, 6) is -0.986. The van der Waals surface area contributed by atoms with Crippen molar-refractivity contribution in [1.29, 1.82) is 0 Å². The lowest BCUT2D eigenvalue weighted by atomic mass is 10.1. The van der Waals surface area contributed by atoms with Crippen LogP contribution in [0.2, 0.25) is 0 Å². The molecule has 25 heavy (non-hydrogen) atoms. The molecule has 2 N–H and O–H groups in total. The molecule has 0 fully saturated rings. The SMILES string of the molecule is [2H]C([2H])(O)C([2H])(O)C([2H])([2H])OC(=O)CCCCCCC/C=C/C/C=C/CCCCC. The van der Waals surface area contributed by atoms with Crippen molar-refractivity contribution in [2.75, 3.05) is 13.1 Å². The number of hydrogen-bond donors (Lipinski definition) is 2. The van der Waals surface area contributed by atoms with E-state index in [1.54, 1.807) is 0 Å². The lowest BCUT2D eigenvalue weighted by molar-refractivity contribution is -0.147. The van der Waals surface area contributed by atoms with E-state index in [1.165, 1.54) is 19.3 Å². The zero-order chi connectivity index (χ0) is 23.1. The van der Waals surface area contributed by atoms with Crippen molar-refractivity contribution >= 4 is 5.97 Å². The molecule has 146 valence electrons. The second kappa shape index (κ2) is 19.2. The van der Waals surface area contributed by atoms with Crippen LogP contribution in [0, 0.1) is 0 Å². The number of rotatable bonds is 17. The third-order valence-electron chi connectivity index (χ3n) is 3.70. The maximum Gasteiger partial charge on any atom is 0.305 e. The second-order valence-corrected chi connectivity index (χ2v) is 6.02. The fourth-order valence-corrected chi connectivity index (χ4v) is 2.26. The number of esters is 1. The fourth-order valence-electron chi connectivity index (χ4n) is 2.26. The number of carbonyl (C=O) groups excluding carboxylic acids is 1. The molecule has 0 amide bonds. The number of aliphatic hydroxyl groups is 2. The number of unbranched alkanes of at least 4 members (excludes halogenated alkanes) is 8. The van der Waals surface area contributed by atoms with Gasteiger partial charge in [0, 0.05) is 6.42 Å². The lowest BCUT2D eigenvalue weighted by Gasteiger charge is -2.08. The topological polar surface area (TPSA) is 66.8 Å². The Morgan fingerprint density at radius 2 is 1.64 bits per heavy atom. The Balaban J connectivity index is 3.80. The summed E-state index contributed by atoms with van der Waals surface area (Å²) in [6.07, 6.45) is 16.2. The molecule has 0 aliphatic rings. The van der Waals surface area contributed by atoms with Crippen LogP contribution in [-0.2, 0) is 9.53 Å². The van der Waals surface area contributed by atoms with Crippen molar-refractivity contribution in [3.8, 4) is 0 Å². The van der Waals surface area contributed by atoms with Crippen molar-refractivity contribution in [3.05, 3.63) is 24.3 Å². The van der Waals surface area contributed by atoms with Crippen molar-refractivity contribution in [2.45, 2.75) is 90.1 Å². The van der Waals surface area contributed by atoms with E-state index in [-0.39, 0.29) is 6.42 Å². The van der Waals surface area contributed by atoms with Gasteiger partial charge < -0.3 is 14.9 Å². The van der Waals surface area contributed by atoms with Gasteiger partial charge in [0.15, 0.2) is 0 Å². The van der Waals surface area contributed by atoms with Gasteiger partial charge in [-0.2, -0.15) is 0 Å². The summed E-state index contributed by atoms with van der Waals surface area (Å²) in [4.78, 5) is 11.7. The monoisotopic (exact) mass is 359 g/mol. The summed E-state index contributed by atoms with van der Waals surface area (Å²) >= 11 is 0. The van der Waals surface area contributed by atoms with Crippen LogP contribution in [0.15, 0.2) is 24.3 Å². The van der Waals surface area contributed by atoms with Gasteiger partial charge in [0.2, 0.25) is 0 Å². The molecule has 1 unspecified atom stereocenters. The smallest absolute Gasteiger partial charge is 0.305 e. The molecule has 0 saturated heterocycles. The standard InChI is InChI=1S/C21H38O4/c1-2-3-4-5-6-7-8-9-10-11-12-13-14-15-16-17-21(24)25-19-20(23)18-22/h6-7,9-10,20,22-23H,2-5,8,11-19H2,1H3/b7-6+,10-9+/i18D2,19D2,20D. The quantitative estimate of drug-likeness (QED) is 0.224. The highest BCUT2D eigenvalue weighted by atomic mass is 16.5. The van der Waals surface area contributed by atoms with Crippen molar-refractivity contribution in [1.82, 2.24) is 0 Å². The third-order valence-corrected chi connectivity index (χ3v) is 3.70. The molecule has 0 aromatic heterocycles.